The molecule has 1 aliphatic rings. The number of hydrogen-bond donors (Lipinski definition) is 1. The molecule has 3 nitrogen and oxygen atoms in total. The van der Waals surface area contributed by atoms with E-state index in [0.717, 1.165) is 32.2 Å². The molecule has 0 aromatic rings. The number of ether oxygens (including phenoxy) is 1. The lowest BCUT2D eigenvalue weighted by Crippen LogP contribution is -2.53. The Morgan fingerprint density at radius 3 is 2.50 bits per heavy atom. The van der Waals surface area contributed by atoms with Gasteiger partial charge in [-0.1, -0.05) is 6.92 Å². The Morgan fingerprint density at radius 2 is 2.14 bits per heavy atom. The van der Waals surface area contributed by atoms with Gasteiger partial charge in [-0.3, -0.25) is 4.90 Å². The van der Waals surface area contributed by atoms with Crippen LogP contribution in [0.2, 0.25) is 0 Å². The third-order valence-corrected chi connectivity index (χ3v) is 3.31. The highest BCUT2D eigenvalue weighted by atomic mass is 16.5. The molecule has 14 heavy (non-hydrogen) atoms. The molecule has 3 heteroatoms. The molecular formula is C11H24N2O. The van der Waals surface area contributed by atoms with Crippen molar-refractivity contribution in [2.45, 2.75) is 44.7 Å². The van der Waals surface area contributed by atoms with Gasteiger partial charge in [0.25, 0.3) is 0 Å². The van der Waals surface area contributed by atoms with Gasteiger partial charge in [-0.2, -0.15) is 0 Å². The van der Waals surface area contributed by atoms with E-state index >= 15 is 0 Å². The van der Waals surface area contributed by atoms with E-state index in [9.17, 15) is 0 Å². The molecule has 1 rings (SSSR count). The van der Waals surface area contributed by atoms with E-state index in [4.69, 9.17) is 10.5 Å². The van der Waals surface area contributed by atoms with Crippen molar-refractivity contribution in [1.29, 1.82) is 0 Å². The topological polar surface area (TPSA) is 38.5 Å². The fourth-order valence-corrected chi connectivity index (χ4v) is 2.15. The van der Waals surface area contributed by atoms with Crippen LogP contribution >= 0.6 is 0 Å². The first-order chi connectivity index (χ1) is 6.68. The normalized spacial score (nSPS) is 21.2. The van der Waals surface area contributed by atoms with Crippen molar-refractivity contribution in [3.63, 3.8) is 0 Å². The van der Waals surface area contributed by atoms with Crippen LogP contribution in [0.25, 0.3) is 0 Å². The summed E-state index contributed by atoms with van der Waals surface area (Å²) >= 11 is 0. The van der Waals surface area contributed by atoms with Gasteiger partial charge in [0, 0.05) is 31.8 Å². The summed E-state index contributed by atoms with van der Waals surface area (Å²) in [5.74, 6) is 0. The molecule has 0 amide bonds. The Bertz CT molecular complexity index is 171. The van der Waals surface area contributed by atoms with Crippen molar-refractivity contribution in [3.05, 3.63) is 0 Å². The molecule has 1 fully saturated rings. The van der Waals surface area contributed by atoms with Crippen molar-refractivity contribution in [1.82, 2.24) is 4.90 Å². The predicted octanol–water partition coefficient (Wildman–Crippen LogP) is 1.22. The van der Waals surface area contributed by atoms with Crippen molar-refractivity contribution < 1.29 is 4.74 Å². The van der Waals surface area contributed by atoms with Crippen molar-refractivity contribution in [2.24, 2.45) is 5.73 Å². The van der Waals surface area contributed by atoms with Gasteiger partial charge in [-0.15, -0.1) is 0 Å². The first-order valence-electron chi connectivity index (χ1n) is 5.63. The minimum atomic E-state index is 0.131. The van der Waals surface area contributed by atoms with Crippen LogP contribution in [-0.4, -0.2) is 43.3 Å². The van der Waals surface area contributed by atoms with Crippen LogP contribution < -0.4 is 5.73 Å². The zero-order valence-corrected chi connectivity index (χ0v) is 9.75. The first-order valence-corrected chi connectivity index (χ1v) is 5.63. The minimum absolute atomic E-state index is 0.131. The predicted molar refractivity (Wildman–Crippen MR) is 59.4 cm³/mol. The van der Waals surface area contributed by atoms with Crippen LogP contribution in [0.15, 0.2) is 0 Å². The number of nitrogens with two attached hydrogens (primary N) is 1. The summed E-state index contributed by atoms with van der Waals surface area (Å²) in [4.78, 5) is 2.55. The van der Waals surface area contributed by atoms with Gasteiger partial charge in [0.2, 0.25) is 0 Å². The Labute approximate surface area is 87.6 Å². The highest BCUT2D eigenvalue weighted by molar-refractivity contribution is 4.96. The largest absolute Gasteiger partial charge is 0.385 e. The van der Waals surface area contributed by atoms with Gasteiger partial charge in [0.15, 0.2) is 0 Å². The molecule has 0 radical (unpaired) electrons. The van der Waals surface area contributed by atoms with E-state index in [0.29, 0.717) is 0 Å². The lowest BCUT2D eigenvalue weighted by Gasteiger charge is -2.40. The number of hydrogen-bond acceptors (Lipinski definition) is 3. The quantitative estimate of drug-likeness (QED) is 0.671. The molecule has 1 aliphatic carbocycles. The van der Waals surface area contributed by atoms with Gasteiger partial charge in [-0.25, -0.2) is 0 Å². The average Bonchev–Trinajstić information content (AvgIpc) is 3.00. The van der Waals surface area contributed by atoms with E-state index in [1.165, 1.54) is 12.8 Å². The second-order valence-corrected chi connectivity index (χ2v) is 4.46. The fraction of sp³-hybridized carbons (Fsp3) is 1.00. The van der Waals surface area contributed by atoms with E-state index in [-0.39, 0.29) is 5.54 Å². The summed E-state index contributed by atoms with van der Waals surface area (Å²) in [6.07, 6.45) is 3.72. The summed E-state index contributed by atoms with van der Waals surface area (Å²) in [7, 11) is 1.75. The number of likely N-dealkylation sites (N-methyl/N-ethyl adjacent to an activating group) is 1. The van der Waals surface area contributed by atoms with E-state index in [1.54, 1.807) is 7.11 Å². The summed E-state index contributed by atoms with van der Waals surface area (Å²) < 4.78 is 5.15. The number of rotatable bonds is 7. The molecule has 0 aromatic heterocycles. The maximum atomic E-state index is 5.89. The molecule has 2 N–H and O–H groups in total. The van der Waals surface area contributed by atoms with Crippen LogP contribution in [0.1, 0.15) is 33.1 Å². The van der Waals surface area contributed by atoms with Crippen LogP contribution in [0, 0.1) is 0 Å². The van der Waals surface area contributed by atoms with Crippen LogP contribution in [0.3, 0.4) is 0 Å². The van der Waals surface area contributed by atoms with Crippen molar-refractivity contribution >= 4 is 0 Å². The zero-order chi connectivity index (χ0) is 10.6. The van der Waals surface area contributed by atoms with Crippen LogP contribution in [-0.2, 0) is 4.74 Å². The third-order valence-electron chi connectivity index (χ3n) is 3.31. The smallest absolute Gasteiger partial charge is 0.0480 e. The van der Waals surface area contributed by atoms with Gasteiger partial charge in [0.05, 0.1) is 0 Å². The maximum absolute atomic E-state index is 5.89. The molecule has 0 aliphatic heterocycles. The number of nitrogens with zero attached hydrogens (tertiary/aromatic N) is 1. The summed E-state index contributed by atoms with van der Waals surface area (Å²) in [5, 5.41) is 0. The Balaban J connectivity index is 2.54. The SMILES string of the molecule is CCN(C1CC1)C(C)(CN)CCOC. The average molecular weight is 200 g/mol. The summed E-state index contributed by atoms with van der Waals surface area (Å²) in [5.41, 5.74) is 6.02. The lowest BCUT2D eigenvalue weighted by molar-refractivity contribution is 0.0662. The van der Waals surface area contributed by atoms with Crippen molar-refractivity contribution in [2.75, 3.05) is 26.8 Å². The lowest BCUT2D eigenvalue weighted by atomic mass is 9.95. The molecule has 0 saturated heterocycles. The molecule has 1 saturated carbocycles. The molecule has 0 spiro atoms. The zero-order valence-electron chi connectivity index (χ0n) is 9.75. The molecule has 0 aromatic carbocycles. The Hall–Kier alpha value is -0.120. The van der Waals surface area contributed by atoms with Gasteiger partial charge in [0.1, 0.15) is 0 Å². The third kappa shape index (κ3) is 2.69. The molecule has 0 heterocycles. The molecule has 0 bridgehead atoms. The summed E-state index contributed by atoms with van der Waals surface area (Å²) in [6, 6.07) is 0.783. The maximum Gasteiger partial charge on any atom is 0.0480 e. The molecule has 1 unspecified atom stereocenters. The first kappa shape index (κ1) is 12.0. The number of methoxy groups -OCH3 is 1. The monoisotopic (exact) mass is 200 g/mol. The Kier molecular flexibility index (Phi) is 4.35. The van der Waals surface area contributed by atoms with Gasteiger partial charge in [-0.05, 0) is 32.7 Å². The minimum Gasteiger partial charge on any atom is -0.385 e. The second kappa shape index (κ2) is 5.10. The molecule has 84 valence electrons. The standard InChI is InChI=1S/C11H24N2O/c1-4-13(10-5-6-10)11(2,9-12)7-8-14-3/h10H,4-9,12H2,1-3H3. The van der Waals surface area contributed by atoms with Gasteiger partial charge >= 0.3 is 0 Å². The fourth-order valence-electron chi connectivity index (χ4n) is 2.15. The van der Waals surface area contributed by atoms with E-state index < -0.39 is 0 Å². The second-order valence-electron chi connectivity index (χ2n) is 4.46. The molecular weight excluding hydrogens is 176 g/mol. The highest BCUT2D eigenvalue weighted by Gasteiger charge is 2.39. The van der Waals surface area contributed by atoms with E-state index in [2.05, 4.69) is 18.7 Å². The summed E-state index contributed by atoms with van der Waals surface area (Å²) in [6.45, 7) is 7.10. The van der Waals surface area contributed by atoms with Crippen LogP contribution in [0.5, 0.6) is 0 Å². The van der Waals surface area contributed by atoms with Crippen LogP contribution in [0.4, 0.5) is 0 Å². The van der Waals surface area contributed by atoms with Gasteiger partial charge < -0.3 is 10.5 Å². The highest BCUT2D eigenvalue weighted by Crippen LogP contribution is 2.33. The Morgan fingerprint density at radius 1 is 1.50 bits per heavy atom. The molecule has 1 atom stereocenters. The van der Waals surface area contributed by atoms with Crippen molar-refractivity contribution in [3.8, 4) is 0 Å². The van der Waals surface area contributed by atoms with E-state index in [1.807, 2.05) is 0 Å².